The lowest BCUT2D eigenvalue weighted by Crippen LogP contribution is -2.04. The molecule has 114 valence electrons. The molecule has 0 saturated heterocycles. The van der Waals surface area contributed by atoms with Crippen LogP contribution in [0.2, 0.25) is 0 Å². The Balaban J connectivity index is 1.87. The number of aromatic nitrogens is 2. The molecule has 3 aromatic rings. The summed E-state index contributed by atoms with van der Waals surface area (Å²) in [6.07, 6.45) is 2.13. The number of rotatable bonds is 6. The van der Waals surface area contributed by atoms with Crippen LogP contribution in [0.15, 0.2) is 56.7 Å². The van der Waals surface area contributed by atoms with Crippen molar-refractivity contribution in [2.24, 2.45) is 0 Å². The van der Waals surface area contributed by atoms with E-state index in [4.69, 9.17) is 8.83 Å². The maximum Gasteiger partial charge on any atom is 0.276 e. The molecule has 4 nitrogen and oxygen atoms in total. The first-order valence-corrected chi connectivity index (χ1v) is 7.99. The normalized spacial score (nSPS) is 12.5. The quantitative estimate of drug-likeness (QED) is 0.635. The van der Waals surface area contributed by atoms with Gasteiger partial charge in [-0.3, -0.25) is 0 Å². The summed E-state index contributed by atoms with van der Waals surface area (Å²) in [6, 6.07) is 10.1. The van der Waals surface area contributed by atoms with Gasteiger partial charge in [-0.25, -0.2) is 4.39 Å². The van der Waals surface area contributed by atoms with Crippen LogP contribution in [0, 0.1) is 5.82 Å². The molecule has 0 bridgehead atoms. The van der Waals surface area contributed by atoms with Crippen LogP contribution in [0.4, 0.5) is 4.39 Å². The molecular weight excluding hydrogens is 303 g/mol. The lowest BCUT2D eigenvalue weighted by atomic mass is 9.93. The van der Waals surface area contributed by atoms with Crippen LogP contribution >= 0.6 is 11.8 Å². The highest BCUT2D eigenvalue weighted by molar-refractivity contribution is 7.99. The Labute approximate surface area is 131 Å². The maximum atomic E-state index is 13.1. The van der Waals surface area contributed by atoms with E-state index in [0.717, 1.165) is 17.1 Å². The Hall–Kier alpha value is -2.08. The van der Waals surface area contributed by atoms with E-state index in [1.54, 1.807) is 18.4 Å². The molecular formula is C16H15FN2O2S. The van der Waals surface area contributed by atoms with Crippen LogP contribution in [-0.4, -0.2) is 16.0 Å². The van der Waals surface area contributed by atoms with Crippen LogP contribution in [0.1, 0.15) is 30.1 Å². The van der Waals surface area contributed by atoms with Crippen molar-refractivity contribution >= 4 is 11.8 Å². The van der Waals surface area contributed by atoms with Crippen molar-refractivity contribution in [2.45, 2.75) is 24.5 Å². The summed E-state index contributed by atoms with van der Waals surface area (Å²) in [7, 11) is 0. The Morgan fingerprint density at radius 1 is 1.18 bits per heavy atom. The third-order valence-corrected chi connectivity index (χ3v) is 3.95. The summed E-state index contributed by atoms with van der Waals surface area (Å²) < 4.78 is 24.3. The largest absolute Gasteiger partial charge is 0.469 e. The first-order valence-electron chi connectivity index (χ1n) is 7.00. The molecule has 0 radical (unpaired) electrons. The van der Waals surface area contributed by atoms with Gasteiger partial charge >= 0.3 is 0 Å². The summed E-state index contributed by atoms with van der Waals surface area (Å²) in [6.45, 7) is 2.03. The zero-order valence-electron chi connectivity index (χ0n) is 12.0. The summed E-state index contributed by atoms with van der Waals surface area (Å²) in [5.74, 6) is 1.86. The third kappa shape index (κ3) is 3.39. The van der Waals surface area contributed by atoms with Gasteiger partial charge in [0, 0.05) is 6.42 Å². The first-order chi connectivity index (χ1) is 10.8. The fraction of sp³-hybridized carbons (Fsp3) is 0.250. The molecule has 0 aliphatic heterocycles. The number of hydrogen-bond donors (Lipinski definition) is 0. The average Bonchev–Trinajstić information content (AvgIpc) is 3.18. The van der Waals surface area contributed by atoms with Gasteiger partial charge in [-0.15, -0.1) is 10.2 Å². The fourth-order valence-corrected chi connectivity index (χ4v) is 2.75. The molecule has 1 aromatic carbocycles. The number of hydrogen-bond acceptors (Lipinski definition) is 5. The van der Waals surface area contributed by atoms with Crippen LogP contribution in [0.25, 0.3) is 0 Å². The van der Waals surface area contributed by atoms with Crippen molar-refractivity contribution in [1.29, 1.82) is 0 Å². The van der Waals surface area contributed by atoms with Crippen LogP contribution in [0.3, 0.4) is 0 Å². The van der Waals surface area contributed by atoms with Gasteiger partial charge in [-0.05, 0) is 35.6 Å². The lowest BCUT2D eigenvalue weighted by molar-refractivity contribution is 0.395. The Morgan fingerprint density at radius 2 is 2.00 bits per heavy atom. The smallest absolute Gasteiger partial charge is 0.276 e. The molecule has 3 rings (SSSR count). The Morgan fingerprint density at radius 3 is 2.68 bits per heavy atom. The second kappa shape index (κ2) is 6.79. The molecule has 0 aliphatic rings. The molecule has 0 unspecified atom stereocenters. The zero-order valence-corrected chi connectivity index (χ0v) is 12.8. The van der Waals surface area contributed by atoms with Gasteiger partial charge in [0.1, 0.15) is 11.6 Å². The highest BCUT2D eigenvalue weighted by atomic mass is 32.2. The summed E-state index contributed by atoms with van der Waals surface area (Å²) in [5, 5.41) is 8.64. The minimum absolute atomic E-state index is 0.0875. The average molecular weight is 318 g/mol. The number of halogens is 1. The summed E-state index contributed by atoms with van der Waals surface area (Å²) in [5.41, 5.74) is 0.944. The molecule has 2 heterocycles. The molecule has 6 heteroatoms. The molecule has 1 atom stereocenters. The van der Waals surface area contributed by atoms with Crippen molar-refractivity contribution in [3.8, 4) is 0 Å². The van der Waals surface area contributed by atoms with Crippen molar-refractivity contribution in [3.05, 3.63) is 65.7 Å². The lowest BCUT2D eigenvalue weighted by Gasteiger charge is -2.13. The molecule has 2 aromatic heterocycles. The molecule has 0 saturated carbocycles. The van der Waals surface area contributed by atoms with E-state index in [2.05, 4.69) is 10.2 Å². The predicted molar refractivity (Wildman–Crippen MR) is 81.4 cm³/mol. The van der Waals surface area contributed by atoms with E-state index in [-0.39, 0.29) is 11.7 Å². The third-order valence-electron chi connectivity index (χ3n) is 3.25. The number of furan rings is 1. The van der Waals surface area contributed by atoms with Crippen LogP contribution < -0.4 is 0 Å². The van der Waals surface area contributed by atoms with Gasteiger partial charge < -0.3 is 8.83 Å². The van der Waals surface area contributed by atoms with E-state index in [9.17, 15) is 4.39 Å². The van der Waals surface area contributed by atoms with Gasteiger partial charge in [0.2, 0.25) is 5.89 Å². The minimum Gasteiger partial charge on any atom is -0.469 e. The van der Waals surface area contributed by atoms with E-state index in [1.807, 2.05) is 19.1 Å². The Bertz CT molecular complexity index is 710. The molecule has 0 spiro atoms. The van der Waals surface area contributed by atoms with E-state index in [1.165, 1.54) is 23.9 Å². The molecule has 0 amide bonds. The second-order valence-electron chi connectivity index (χ2n) is 4.72. The summed E-state index contributed by atoms with van der Waals surface area (Å²) in [4.78, 5) is 0. The van der Waals surface area contributed by atoms with E-state index < -0.39 is 0 Å². The number of nitrogens with zero attached hydrogens (tertiary/aromatic N) is 2. The number of thioether (sulfide) groups is 1. The second-order valence-corrected chi connectivity index (χ2v) is 5.93. The molecule has 0 aliphatic carbocycles. The van der Waals surface area contributed by atoms with Gasteiger partial charge in [0.15, 0.2) is 0 Å². The maximum absolute atomic E-state index is 13.1. The van der Waals surface area contributed by atoms with Crippen molar-refractivity contribution in [3.63, 3.8) is 0 Å². The van der Waals surface area contributed by atoms with Gasteiger partial charge in [0.25, 0.3) is 5.22 Å². The van der Waals surface area contributed by atoms with Crippen LogP contribution in [-0.2, 0) is 6.42 Å². The van der Waals surface area contributed by atoms with Gasteiger partial charge in [-0.2, -0.15) is 0 Å². The topological polar surface area (TPSA) is 52.1 Å². The predicted octanol–water partition coefficient (Wildman–Crippen LogP) is 4.29. The number of benzene rings is 1. The first kappa shape index (κ1) is 14.8. The van der Waals surface area contributed by atoms with Crippen molar-refractivity contribution in [2.75, 3.05) is 5.75 Å². The van der Waals surface area contributed by atoms with Crippen LogP contribution in [0.5, 0.6) is 0 Å². The SMILES string of the molecule is CCSc1nnc(C[C@@H](c2ccc(F)cc2)c2ccco2)o1. The van der Waals surface area contributed by atoms with Crippen molar-refractivity contribution < 1.29 is 13.2 Å². The van der Waals surface area contributed by atoms with Gasteiger partial charge in [-0.1, -0.05) is 30.8 Å². The minimum atomic E-state index is -0.263. The van der Waals surface area contributed by atoms with E-state index >= 15 is 0 Å². The summed E-state index contributed by atoms with van der Waals surface area (Å²) >= 11 is 1.51. The highest BCUT2D eigenvalue weighted by Crippen LogP contribution is 2.29. The Kier molecular flexibility index (Phi) is 4.58. The highest BCUT2D eigenvalue weighted by Gasteiger charge is 2.21. The standard InChI is InChI=1S/C16H15FN2O2S/c1-2-22-16-19-18-15(21-16)10-13(14-4-3-9-20-14)11-5-7-12(17)8-6-11/h3-9,13H,2,10H2,1H3/t13-/m0/s1. The van der Waals surface area contributed by atoms with E-state index in [0.29, 0.717) is 17.5 Å². The fourth-order valence-electron chi connectivity index (χ4n) is 2.24. The zero-order chi connectivity index (χ0) is 15.4. The van der Waals surface area contributed by atoms with Crippen molar-refractivity contribution in [1.82, 2.24) is 10.2 Å². The van der Waals surface area contributed by atoms with Gasteiger partial charge in [0.05, 0.1) is 12.2 Å². The molecule has 0 N–H and O–H groups in total. The molecule has 22 heavy (non-hydrogen) atoms. The molecule has 0 fully saturated rings. The monoisotopic (exact) mass is 318 g/mol.